The SMILES string of the molecule is Oc1cccc(Cc2nnc(SCc3ccc(F)cc3Cl)n2-c2ccc(F)cc2)c1. The summed E-state index contributed by atoms with van der Waals surface area (Å²) in [6.45, 7) is 0. The van der Waals surface area contributed by atoms with Gasteiger partial charge in [0.25, 0.3) is 0 Å². The van der Waals surface area contributed by atoms with Gasteiger partial charge in [-0.1, -0.05) is 41.6 Å². The molecule has 0 atom stereocenters. The Hall–Kier alpha value is -2.90. The summed E-state index contributed by atoms with van der Waals surface area (Å²) in [6, 6.07) is 17.2. The summed E-state index contributed by atoms with van der Waals surface area (Å²) >= 11 is 7.53. The first-order valence-corrected chi connectivity index (χ1v) is 10.4. The van der Waals surface area contributed by atoms with Crippen molar-refractivity contribution in [2.45, 2.75) is 17.3 Å². The smallest absolute Gasteiger partial charge is 0.196 e. The Morgan fingerprint density at radius 2 is 1.70 bits per heavy atom. The second kappa shape index (κ2) is 8.85. The Balaban J connectivity index is 1.67. The highest BCUT2D eigenvalue weighted by Crippen LogP contribution is 2.29. The fourth-order valence-corrected chi connectivity index (χ4v) is 4.28. The molecule has 3 aromatic carbocycles. The highest BCUT2D eigenvalue weighted by atomic mass is 35.5. The molecule has 0 spiro atoms. The van der Waals surface area contributed by atoms with Gasteiger partial charge < -0.3 is 5.11 Å². The number of benzene rings is 3. The third-order valence-electron chi connectivity index (χ3n) is 4.43. The van der Waals surface area contributed by atoms with E-state index in [1.165, 1.54) is 36.0 Å². The number of thioether (sulfide) groups is 1. The topological polar surface area (TPSA) is 50.9 Å². The Morgan fingerprint density at radius 1 is 0.933 bits per heavy atom. The monoisotopic (exact) mass is 443 g/mol. The van der Waals surface area contributed by atoms with Crippen molar-refractivity contribution in [3.8, 4) is 11.4 Å². The predicted octanol–water partition coefficient (Wildman–Crippen LogP) is 5.79. The molecule has 8 heteroatoms. The van der Waals surface area contributed by atoms with Crippen LogP contribution in [0.25, 0.3) is 5.69 Å². The fourth-order valence-electron chi connectivity index (χ4n) is 2.99. The Kier molecular flexibility index (Phi) is 6.01. The molecule has 0 aliphatic carbocycles. The summed E-state index contributed by atoms with van der Waals surface area (Å²) in [5, 5.41) is 19.3. The molecule has 1 N–H and O–H groups in total. The van der Waals surface area contributed by atoms with E-state index >= 15 is 0 Å². The molecule has 30 heavy (non-hydrogen) atoms. The van der Waals surface area contributed by atoms with Gasteiger partial charge in [0.05, 0.1) is 0 Å². The number of nitrogens with zero attached hydrogens (tertiary/aromatic N) is 3. The van der Waals surface area contributed by atoms with Crippen molar-refractivity contribution in [3.05, 3.63) is 100 Å². The zero-order valence-corrected chi connectivity index (χ0v) is 17.2. The van der Waals surface area contributed by atoms with Crippen molar-refractivity contribution in [2.75, 3.05) is 0 Å². The van der Waals surface area contributed by atoms with Crippen LogP contribution < -0.4 is 0 Å². The molecule has 1 aromatic heterocycles. The lowest BCUT2D eigenvalue weighted by Gasteiger charge is -2.11. The molecule has 0 unspecified atom stereocenters. The van der Waals surface area contributed by atoms with Crippen LogP contribution in [0.4, 0.5) is 8.78 Å². The zero-order valence-electron chi connectivity index (χ0n) is 15.6. The van der Waals surface area contributed by atoms with E-state index in [1.54, 1.807) is 36.4 Å². The molecule has 152 valence electrons. The van der Waals surface area contributed by atoms with Crippen LogP contribution in [0, 0.1) is 11.6 Å². The lowest BCUT2D eigenvalue weighted by atomic mass is 10.1. The van der Waals surface area contributed by atoms with E-state index in [0.29, 0.717) is 33.9 Å². The van der Waals surface area contributed by atoms with Crippen molar-refractivity contribution in [1.29, 1.82) is 0 Å². The van der Waals surface area contributed by atoms with Gasteiger partial charge in [-0.25, -0.2) is 8.78 Å². The average molecular weight is 444 g/mol. The van der Waals surface area contributed by atoms with Crippen LogP contribution in [-0.2, 0) is 12.2 Å². The van der Waals surface area contributed by atoms with E-state index in [9.17, 15) is 13.9 Å². The molecule has 0 saturated heterocycles. The highest BCUT2D eigenvalue weighted by Gasteiger charge is 2.16. The molecule has 4 aromatic rings. The van der Waals surface area contributed by atoms with Gasteiger partial charge >= 0.3 is 0 Å². The van der Waals surface area contributed by atoms with E-state index in [4.69, 9.17) is 11.6 Å². The van der Waals surface area contributed by atoms with Gasteiger partial charge in [-0.2, -0.15) is 0 Å². The summed E-state index contributed by atoms with van der Waals surface area (Å²) < 4.78 is 28.6. The van der Waals surface area contributed by atoms with Crippen molar-refractivity contribution in [3.63, 3.8) is 0 Å². The Bertz CT molecular complexity index is 1180. The second-order valence-electron chi connectivity index (χ2n) is 6.58. The summed E-state index contributed by atoms with van der Waals surface area (Å²) in [6.07, 6.45) is 0.427. The maximum Gasteiger partial charge on any atom is 0.196 e. The minimum Gasteiger partial charge on any atom is -0.508 e. The summed E-state index contributed by atoms with van der Waals surface area (Å²) in [5.74, 6) is 0.538. The zero-order chi connectivity index (χ0) is 21.1. The van der Waals surface area contributed by atoms with Crippen molar-refractivity contribution in [1.82, 2.24) is 14.8 Å². The van der Waals surface area contributed by atoms with Crippen LogP contribution in [0.1, 0.15) is 17.0 Å². The molecule has 0 aliphatic rings. The Labute approximate surface area is 181 Å². The van der Waals surface area contributed by atoms with E-state index in [2.05, 4.69) is 10.2 Å². The van der Waals surface area contributed by atoms with Gasteiger partial charge in [-0.15, -0.1) is 10.2 Å². The second-order valence-corrected chi connectivity index (χ2v) is 7.93. The van der Waals surface area contributed by atoms with E-state index in [0.717, 1.165) is 11.1 Å². The number of hydrogen-bond donors (Lipinski definition) is 1. The number of aromatic hydroxyl groups is 1. The molecule has 4 nitrogen and oxygen atoms in total. The third-order valence-corrected chi connectivity index (χ3v) is 5.76. The van der Waals surface area contributed by atoms with Crippen LogP contribution >= 0.6 is 23.4 Å². The van der Waals surface area contributed by atoms with Crippen LogP contribution in [0.5, 0.6) is 5.75 Å². The number of hydrogen-bond acceptors (Lipinski definition) is 4. The van der Waals surface area contributed by atoms with Gasteiger partial charge in [0.15, 0.2) is 5.16 Å². The minimum atomic E-state index is -0.392. The van der Waals surface area contributed by atoms with Gasteiger partial charge in [0, 0.05) is 22.9 Å². The van der Waals surface area contributed by atoms with Crippen LogP contribution in [-0.4, -0.2) is 19.9 Å². The predicted molar refractivity (Wildman–Crippen MR) is 113 cm³/mol. The van der Waals surface area contributed by atoms with Crippen molar-refractivity contribution in [2.24, 2.45) is 0 Å². The summed E-state index contributed by atoms with van der Waals surface area (Å²) in [5.41, 5.74) is 2.35. The molecule has 0 aliphatic heterocycles. The van der Waals surface area contributed by atoms with Crippen molar-refractivity contribution >= 4 is 23.4 Å². The average Bonchev–Trinajstić information content (AvgIpc) is 3.10. The normalized spacial score (nSPS) is 11.0. The number of phenols is 1. The van der Waals surface area contributed by atoms with E-state index < -0.39 is 5.82 Å². The summed E-state index contributed by atoms with van der Waals surface area (Å²) in [4.78, 5) is 0. The lowest BCUT2D eigenvalue weighted by Crippen LogP contribution is -2.04. The molecule has 4 rings (SSSR count). The molecular formula is C22H16ClF2N3OS. The quantitative estimate of drug-likeness (QED) is 0.383. The first-order valence-electron chi connectivity index (χ1n) is 9.04. The number of halogens is 3. The standard InChI is InChI=1S/C22H16ClF2N3OS/c23-20-12-17(25)5-4-15(20)13-30-22-27-26-21(11-14-2-1-3-19(29)10-14)28(22)18-8-6-16(24)7-9-18/h1-10,12,29H,11,13H2. The maximum absolute atomic E-state index is 13.4. The fraction of sp³-hybridized carbons (Fsp3) is 0.0909. The summed E-state index contributed by atoms with van der Waals surface area (Å²) in [7, 11) is 0. The highest BCUT2D eigenvalue weighted by molar-refractivity contribution is 7.98. The van der Waals surface area contributed by atoms with Crippen LogP contribution in [0.2, 0.25) is 5.02 Å². The molecule has 0 saturated carbocycles. The molecule has 0 amide bonds. The van der Waals surface area contributed by atoms with Crippen LogP contribution in [0.15, 0.2) is 71.9 Å². The third kappa shape index (κ3) is 4.63. The van der Waals surface area contributed by atoms with Gasteiger partial charge in [-0.05, 0) is 59.7 Å². The van der Waals surface area contributed by atoms with Gasteiger partial charge in [-0.3, -0.25) is 4.57 Å². The maximum atomic E-state index is 13.4. The van der Waals surface area contributed by atoms with Gasteiger partial charge in [0.2, 0.25) is 0 Å². The molecule has 0 bridgehead atoms. The van der Waals surface area contributed by atoms with E-state index in [-0.39, 0.29) is 11.6 Å². The molecule has 0 radical (unpaired) electrons. The van der Waals surface area contributed by atoms with Crippen LogP contribution in [0.3, 0.4) is 0 Å². The van der Waals surface area contributed by atoms with Gasteiger partial charge in [0.1, 0.15) is 23.2 Å². The first kappa shape index (κ1) is 20.4. The first-order chi connectivity index (χ1) is 14.5. The Morgan fingerprint density at radius 3 is 2.43 bits per heavy atom. The van der Waals surface area contributed by atoms with E-state index in [1.807, 2.05) is 10.6 Å². The minimum absolute atomic E-state index is 0.167. The lowest BCUT2D eigenvalue weighted by molar-refractivity contribution is 0.474. The largest absolute Gasteiger partial charge is 0.508 e. The molecule has 0 fully saturated rings. The number of aromatic nitrogens is 3. The molecular weight excluding hydrogens is 428 g/mol. The van der Waals surface area contributed by atoms with Crippen molar-refractivity contribution < 1.29 is 13.9 Å². The molecule has 1 heterocycles. The number of rotatable bonds is 6. The number of phenolic OH excluding ortho intramolecular Hbond substituents is 1.